The molecule has 0 spiro atoms. The van der Waals surface area contributed by atoms with Gasteiger partial charge in [0.15, 0.2) is 0 Å². The van der Waals surface area contributed by atoms with Gasteiger partial charge >= 0.3 is 0 Å². The average molecular weight is 148 g/mol. The SMILES string of the molecule is CC(=O)C(C)c1ccccc1. The third-order valence-electron chi connectivity index (χ3n) is 1.91. The summed E-state index contributed by atoms with van der Waals surface area (Å²) < 4.78 is 0. The highest BCUT2D eigenvalue weighted by molar-refractivity contribution is 5.82. The molecule has 0 fully saturated rings. The van der Waals surface area contributed by atoms with E-state index in [4.69, 9.17) is 0 Å². The van der Waals surface area contributed by atoms with Crippen LogP contribution in [0.5, 0.6) is 0 Å². The minimum Gasteiger partial charge on any atom is -0.299 e. The first-order valence-corrected chi connectivity index (χ1v) is 3.77. The van der Waals surface area contributed by atoms with Gasteiger partial charge in [0.25, 0.3) is 0 Å². The highest BCUT2D eigenvalue weighted by Gasteiger charge is 2.08. The number of carbonyl (C=O) groups is 1. The van der Waals surface area contributed by atoms with Crippen LogP contribution in [-0.2, 0) is 4.79 Å². The van der Waals surface area contributed by atoms with E-state index in [0.29, 0.717) is 0 Å². The Morgan fingerprint density at radius 2 is 1.82 bits per heavy atom. The fourth-order valence-corrected chi connectivity index (χ4v) is 0.976. The molecule has 0 N–H and O–H groups in total. The Kier molecular flexibility index (Phi) is 2.42. The maximum Gasteiger partial charge on any atom is 0.136 e. The summed E-state index contributed by atoms with van der Waals surface area (Å²) in [6.07, 6.45) is 0. The first-order chi connectivity index (χ1) is 5.22. The Hall–Kier alpha value is -1.11. The Morgan fingerprint density at radius 3 is 2.27 bits per heavy atom. The molecule has 0 aliphatic rings. The van der Waals surface area contributed by atoms with Crippen molar-refractivity contribution in [1.82, 2.24) is 0 Å². The van der Waals surface area contributed by atoms with Gasteiger partial charge in [0.2, 0.25) is 0 Å². The van der Waals surface area contributed by atoms with E-state index in [0.717, 1.165) is 5.56 Å². The van der Waals surface area contributed by atoms with E-state index >= 15 is 0 Å². The number of hydrogen-bond acceptors (Lipinski definition) is 1. The second kappa shape index (κ2) is 3.33. The van der Waals surface area contributed by atoms with Gasteiger partial charge in [-0.3, -0.25) is 4.79 Å². The molecule has 1 aromatic carbocycles. The molecule has 0 aromatic heterocycles. The molecule has 11 heavy (non-hydrogen) atoms. The zero-order valence-electron chi connectivity index (χ0n) is 6.87. The van der Waals surface area contributed by atoms with E-state index in [1.165, 1.54) is 0 Å². The summed E-state index contributed by atoms with van der Waals surface area (Å²) >= 11 is 0. The molecule has 0 aliphatic heterocycles. The molecule has 0 aliphatic carbocycles. The summed E-state index contributed by atoms with van der Waals surface area (Å²) in [5, 5.41) is 0. The number of ketones is 1. The van der Waals surface area contributed by atoms with Gasteiger partial charge in [-0.15, -0.1) is 0 Å². The van der Waals surface area contributed by atoms with Gasteiger partial charge in [-0.2, -0.15) is 0 Å². The molecule has 1 heteroatoms. The van der Waals surface area contributed by atoms with Crippen LogP contribution in [0.25, 0.3) is 0 Å². The van der Waals surface area contributed by atoms with Gasteiger partial charge in [-0.1, -0.05) is 37.3 Å². The zero-order chi connectivity index (χ0) is 8.27. The molecule has 0 bridgehead atoms. The molecule has 1 rings (SSSR count). The van der Waals surface area contributed by atoms with Crippen molar-refractivity contribution in [2.45, 2.75) is 19.8 Å². The predicted molar refractivity (Wildman–Crippen MR) is 45.5 cm³/mol. The van der Waals surface area contributed by atoms with Gasteiger partial charge in [0.05, 0.1) is 0 Å². The molecule has 0 amide bonds. The molecule has 1 unspecified atom stereocenters. The lowest BCUT2D eigenvalue weighted by Gasteiger charge is -2.05. The van der Waals surface area contributed by atoms with Crippen molar-refractivity contribution in [3.05, 3.63) is 35.9 Å². The van der Waals surface area contributed by atoms with Crippen LogP contribution in [0.4, 0.5) is 0 Å². The summed E-state index contributed by atoms with van der Waals surface area (Å²) in [4.78, 5) is 10.9. The first-order valence-electron chi connectivity index (χ1n) is 3.77. The highest BCUT2D eigenvalue weighted by Crippen LogP contribution is 2.14. The van der Waals surface area contributed by atoms with E-state index in [1.54, 1.807) is 6.92 Å². The van der Waals surface area contributed by atoms with Crippen molar-refractivity contribution in [2.75, 3.05) is 0 Å². The second-order valence-electron chi connectivity index (χ2n) is 2.74. The van der Waals surface area contributed by atoms with Crippen LogP contribution in [0.2, 0.25) is 0 Å². The van der Waals surface area contributed by atoms with Gasteiger partial charge in [-0.25, -0.2) is 0 Å². The number of hydrogen-bond donors (Lipinski definition) is 0. The van der Waals surface area contributed by atoms with Crippen molar-refractivity contribution in [3.63, 3.8) is 0 Å². The van der Waals surface area contributed by atoms with E-state index in [2.05, 4.69) is 0 Å². The molecule has 0 saturated heterocycles. The molecule has 1 atom stereocenters. The van der Waals surface area contributed by atoms with Gasteiger partial charge in [-0.05, 0) is 12.5 Å². The minimum absolute atomic E-state index is 0.0381. The molecule has 58 valence electrons. The number of rotatable bonds is 2. The highest BCUT2D eigenvalue weighted by atomic mass is 16.1. The first kappa shape index (κ1) is 7.99. The Labute approximate surface area is 67.1 Å². The topological polar surface area (TPSA) is 17.1 Å². The van der Waals surface area contributed by atoms with Gasteiger partial charge in [0, 0.05) is 5.92 Å². The van der Waals surface area contributed by atoms with Crippen LogP contribution < -0.4 is 0 Å². The average Bonchev–Trinajstić information content (AvgIpc) is 2.05. The summed E-state index contributed by atoms with van der Waals surface area (Å²) in [7, 11) is 0. The normalized spacial score (nSPS) is 12.5. The molecule has 0 saturated carbocycles. The lowest BCUT2D eigenvalue weighted by molar-refractivity contribution is -0.118. The molecule has 0 heterocycles. The standard InChI is InChI=1S/C10H12O/c1-8(9(2)11)10-6-4-3-5-7-10/h3-8H,1-2H3. The van der Waals surface area contributed by atoms with Crippen LogP contribution in [0.3, 0.4) is 0 Å². The Morgan fingerprint density at radius 1 is 1.27 bits per heavy atom. The van der Waals surface area contributed by atoms with Crippen molar-refractivity contribution in [1.29, 1.82) is 0 Å². The fraction of sp³-hybridized carbons (Fsp3) is 0.300. The van der Waals surface area contributed by atoms with Crippen molar-refractivity contribution in [2.24, 2.45) is 0 Å². The van der Waals surface area contributed by atoms with E-state index in [9.17, 15) is 4.79 Å². The summed E-state index contributed by atoms with van der Waals surface area (Å²) in [6.45, 7) is 3.55. The van der Waals surface area contributed by atoms with E-state index in [1.807, 2.05) is 37.3 Å². The van der Waals surface area contributed by atoms with E-state index in [-0.39, 0.29) is 11.7 Å². The van der Waals surface area contributed by atoms with Crippen LogP contribution >= 0.6 is 0 Å². The minimum atomic E-state index is 0.0381. The van der Waals surface area contributed by atoms with Crippen LogP contribution in [-0.4, -0.2) is 5.78 Å². The summed E-state index contributed by atoms with van der Waals surface area (Å²) in [5.74, 6) is 0.257. The molecule has 0 radical (unpaired) electrons. The summed E-state index contributed by atoms with van der Waals surface area (Å²) in [5.41, 5.74) is 1.10. The number of Topliss-reactive ketones (excluding diaryl/α,β-unsaturated/α-hetero) is 1. The molecular formula is C10H12O. The fourth-order valence-electron chi connectivity index (χ4n) is 0.976. The van der Waals surface area contributed by atoms with E-state index < -0.39 is 0 Å². The lowest BCUT2D eigenvalue weighted by Crippen LogP contribution is -2.03. The molecular weight excluding hydrogens is 136 g/mol. The van der Waals surface area contributed by atoms with Crippen LogP contribution in [0.15, 0.2) is 30.3 Å². The third-order valence-corrected chi connectivity index (χ3v) is 1.91. The Bertz CT molecular complexity index is 238. The monoisotopic (exact) mass is 148 g/mol. The quantitative estimate of drug-likeness (QED) is 0.629. The van der Waals surface area contributed by atoms with Gasteiger partial charge in [0.1, 0.15) is 5.78 Å². The van der Waals surface area contributed by atoms with Crippen molar-refractivity contribution < 1.29 is 4.79 Å². The molecule has 1 nitrogen and oxygen atoms in total. The largest absolute Gasteiger partial charge is 0.299 e. The molecule has 1 aromatic rings. The van der Waals surface area contributed by atoms with Gasteiger partial charge < -0.3 is 0 Å². The van der Waals surface area contributed by atoms with Crippen LogP contribution in [0.1, 0.15) is 25.3 Å². The van der Waals surface area contributed by atoms with Crippen molar-refractivity contribution >= 4 is 5.78 Å². The Balaban J connectivity index is 2.85. The maximum absolute atomic E-state index is 10.9. The number of carbonyl (C=O) groups excluding carboxylic acids is 1. The second-order valence-corrected chi connectivity index (χ2v) is 2.74. The smallest absolute Gasteiger partial charge is 0.136 e. The lowest BCUT2D eigenvalue weighted by atomic mass is 9.98. The van der Waals surface area contributed by atoms with Crippen molar-refractivity contribution in [3.8, 4) is 0 Å². The summed E-state index contributed by atoms with van der Waals surface area (Å²) in [6, 6.07) is 9.82. The zero-order valence-corrected chi connectivity index (χ0v) is 6.87. The van der Waals surface area contributed by atoms with Crippen LogP contribution in [0, 0.1) is 0 Å². The maximum atomic E-state index is 10.9. The number of benzene rings is 1. The predicted octanol–water partition coefficient (Wildman–Crippen LogP) is 2.38. The third kappa shape index (κ3) is 1.90.